The van der Waals surface area contributed by atoms with Gasteiger partial charge in [0.2, 0.25) is 5.91 Å². The molecule has 0 saturated carbocycles. The highest BCUT2D eigenvalue weighted by Crippen LogP contribution is 2.13. The molecule has 2 amide bonds. The van der Waals surface area contributed by atoms with E-state index >= 15 is 0 Å². The van der Waals surface area contributed by atoms with Crippen LogP contribution in [0.25, 0.3) is 0 Å². The Morgan fingerprint density at radius 1 is 1.37 bits per heavy atom. The van der Waals surface area contributed by atoms with Crippen molar-refractivity contribution in [1.82, 2.24) is 15.2 Å². The molecule has 0 aliphatic rings. The van der Waals surface area contributed by atoms with E-state index in [2.05, 4.69) is 26.6 Å². The fraction of sp³-hybridized carbons (Fsp3) is 0.538. The largest absolute Gasteiger partial charge is 0.354 e. The number of aryl methyl sites for hydroxylation is 1. The standard InChI is InChI=1S/C13H20BrN3O2/c1-8(2)6-15-12(18)9(3)16-13(19)11-5-10(14)7-17(11)4/h5,7-9H,6H2,1-4H3,(H,15,18)(H,16,19). The van der Waals surface area contributed by atoms with E-state index in [-0.39, 0.29) is 11.8 Å². The van der Waals surface area contributed by atoms with E-state index in [1.807, 2.05) is 13.8 Å². The molecule has 1 rings (SSSR count). The predicted molar refractivity (Wildman–Crippen MR) is 77.9 cm³/mol. The molecule has 0 fully saturated rings. The topological polar surface area (TPSA) is 63.1 Å². The smallest absolute Gasteiger partial charge is 0.268 e. The molecule has 2 N–H and O–H groups in total. The van der Waals surface area contributed by atoms with Gasteiger partial charge in [-0.05, 0) is 34.8 Å². The summed E-state index contributed by atoms with van der Waals surface area (Å²) in [5.74, 6) is -0.0496. The Kier molecular flexibility index (Phi) is 5.60. The minimum absolute atomic E-state index is 0.171. The second-order valence-corrected chi connectivity index (χ2v) is 5.90. The molecule has 1 heterocycles. The summed E-state index contributed by atoms with van der Waals surface area (Å²) >= 11 is 3.31. The summed E-state index contributed by atoms with van der Waals surface area (Å²) in [6.45, 7) is 6.32. The van der Waals surface area contributed by atoms with Gasteiger partial charge in [-0.3, -0.25) is 9.59 Å². The molecular weight excluding hydrogens is 310 g/mol. The summed E-state index contributed by atoms with van der Waals surface area (Å²) in [4.78, 5) is 23.8. The van der Waals surface area contributed by atoms with Gasteiger partial charge < -0.3 is 15.2 Å². The summed E-state index contributed by atoms with van der Waals surface area (Å²) in [6.07, 6.45) is 1.79. The molecule has 0 saturated heterocycles. The van der Waals surface area contributed by atoms with Gasteiger partial charge in [0.15, 0.2) is 0 Å². The van der Waals surface area contributed by atoms with Crippen molar-refractivity contribution in [1.29, 1.82) is 0 Å². The Bertz CT molecular complexity index is 468. The fourth-order valence-electron chi connectivity index (χ4n) is 1.54. The molecule has 1 unspecified atom stereocenters. The molecule has 1 atom stereocenters. The number of nitrogens with one attached hydrogen (secondary N) is 2. The van der Waals surface area contributed by atoms with Crippen LogP contribution in [-0.4, -0.2) is 29.0 Å². The summed E-state index contributed by atoms with van der Waals surface area (Å²) < 4.78 is 2.54. The van der Waals surface area contributed by atoms with Crippen LogP contribution in [0.2, 0.25) is 0 Å². The molecule has 0 aliphatic carbocycles. The highest BCUT2D eigenvalue weighted by molar-refractivity contribution is 9.10. The van der Waals surface area contributed by atoms with E-state index in [9.17, 15) is 9.59 Å². The van der Waals surface area contributed by atoms with E-state index in [1.54, 1.807) is 30.8 Å². The van der Waals surface area contributed by atoms with Gasteiger partial charge in [-0.25, -0.2) is 0 Å². The maximum absolute atomic E-state index is 12.0. The molecular formula is C13H20BrN3O2. The van der Waals surface area contributed by atoms with E-state index < -0.39 is 6.04 Å². The lowest BCUT2D eigenvalue weighted by molar-refractivity contribution is -0.122. The number of hydrogen-bond donors (Lipinski definition) is 2. The average Bonchev–Trinajstić information content (AvgIpc) is 2.65. The first-order valence-electron chi connectivity index (χ1n) is 6.21. The van der Waals surface area contributed by atoms with E-state index in [0.717, 1.165) is 4.47 Å². The van der Waals surface area contributed by atoms with Gasteiger partial charge in [-0.2, -0.15) is 0 Å². The van der Waals surface area contributed by atoms with Gasteiger partial charge >= 0.3 is 0 Å². The van der Waals surface area contributed by atoms with Crippen LogP contribution in [0.3, 0.4) is 0 Å². The minimum Gasteiger partial charge on any atom is -0.354 e. The van der Waals surface area contributed by atoms with Crippen LogP contribution in [0.15, 0.2) is 16.7 Å². The van der Waals surface area contributed by atoms with Crippen LogP contribution < -0.4 is 10.6 Å². The first kappa shape index (κ1) is 15.8. The van der Waals surface area contributed by atoms with Crippen molar-refractivity contribution in [3.63, 3.8) is 0 Å². The van der Waals surface area contributed by atoms with Crippen molar-refractivity contribution in [2.45, 2.75) is 26.8 Å². The molecule has 5 nitrogen and oxygen atoms in total. The maximum atomic E-state index is 12.0. The number of carbonyl (C=O) groups excluding carboxylic acids is 2. The highest BCUT2D eigenvalue weighted by Gasteiger charge is 2.18. The molecule has 1 aromatic heterocycles. The molecule has 6 heteroatoms. The predicted octanol–water partition coefficient (Wildman–Crippen LogP) is 1.68. The van der Waals surface area contributed by atoms with Crippen molar-refractivity contribution in [2.24, 2.45) is 13.0 Å². The van der Waals surface area contributed by atoms with Crippen molar-refractivity contribution >= 4 is 27.7 Å². The second kappa shape index (κ2) is 6.75. The lowest BCUT2D eigenvalue weighted by Crippen LogP contribution is -2.46. The summed E-state index contributed by atoms with van der Waals surface area (Å²) in [5, 5.41) is 5.47. The SMILES string of the molecule is CC(C)CNC(=O)C(C)NC(=O)c1cc(Br)cn1C. The van der Waals surface area contributed by atoms with Crippen LogP contribution in [0.4, 0.5) is 0 Å². The third kappa shape index (κ3) is 4.70. The Morgan fingerprint density at radius 3 is 2.47 bits per heavy atom. The van der Waals surface area contributed by atoms with Gasteiger partial charge in [0.05, 0.1) is 0 Å². The van der Waals surface area contributed by atoms with Crippen LogP contribution in [0.5, 0.6) is 0 Å². The Hall–Kier alpha value is -1.30. The Morgan fingerprint density at radius 2 is 2.00 bits per heavy atom. The van der Waals surface area contributed by atoms with Gasteiger partial charge in [0.25, 0.3) is 5.91 Å². The zero-order chi connectivity index (χ0) is 14.6. The molecule has 1 aromatic rings. The van der Waals surface area contributed by atoms with Crippen molar-refractivity contribution in [3.05, 3.63) is 22.4 Å². The number of amides is 2. The Balaban J connectivity index is 2.57. The normalized spacial score (nSPS) is 12.3. The molecule has 106 valence electrons. The van der Waals surface area contributed by atoms with Gasteiger partial charge in [0.1, 0.15) is 11.7 Å². The van der Waals surface area contributed by atoms with Crippen molar-refractivity contribution in [3.8, 4) is 0 Å². The number of carbonyl (C=O) groups is 2. The van der Waals surface area contributed by atoms with E-state index in [4.69, 9.17) is 0 Å². The zero-order valence-electron chi connectivity index (χ0n) is 11.7. The monoisotopic (exact) mass is 329 g/mol. The average molecular weight is 330 g/mol. The number of aromatic nitrogens is 1. The van der Waals surface area contributed by atoms with Crippen molar-refractivity contribution < 1.29 is 9.59 Å². The number of nitrogens with zero attached hydrogens (tertiary/aromatic N) is 1. The zero-order valence-corrected chi connectivity index (χ0v) is 13.2. The summed E-state index contributed by atoms with van der Waals surface area (Å²) in [6, 6.07) is 1.16. The fourth-order valence-corrected chi connectivity index (χ4v) is 2.07. The van der Waals surface area contributed by atoms with Crippen LogP contribution in [0, 0.1) is 5.92 Å². The van der Waals surface area contributed by atoms with Crippen LogP contribution >= 0.6 is 15.9 Å². The summed E-state index contributed by atoms with van der Waals surface area (Å²) in [5.41, 5.74) is 0.510. The third-order valence-corrected chi connectivity index (χ3v) is 3.06. The molecule has 0 aromatic carbocycles. The number of hydrogen-bond acceptors (Lipinski definition) is 2. The first-order valence-corrected chi connectivity index (χ1v) is 7.01. The molecule has 0 aliphatic heterocycles. The molecule has 0 spiro atoms. The van der Waals surface area contributed by atoms with Gasteiger partial charge in [-0.15, -0.1) is 0 Å². The van der Waals surface area contributed by atoms with E-state index in [0.29, 0.717) is 18.2 Å². The molecule has 19 heavy (non-hydrogen) atoms. The van der Waals surface area contributed by atoms with Crippen LogP contribution in [-0.2, 0) is 11.8 Å². The molecule has 0 bridgehead atoms. The molecule has 0 radical (unpaired) electrons. The first-order chi connectivity index (χ1) is 8.81. The van der Waals surface area contributed by atoms with Crippen molar-refractivity contribution in [2.75, 3.05) is 6.54 Å². The lowest BCUT2D eigenvalue weighted by atomic mass is 10.2. The second-order valence-electron chi connectivity index (χ2n) is 4.99. The minimum atomic E-state index is -0.556. The highest BCUT2D eigenvalue weighted by atomic mass is 79.9. The Labute approximate surface area is 121 Å². The quantitative estimate of drug-likeness (QED) is 0.863. The lowest BCUT2D eigenvalue weighted by Gasteiger charge is -2.15. The van der Waals surface area contributed by atoms with Gasteiger partial charge in [-0.1, -0.05) is 13.8 Å². The maximum Gasteiger partial charge on any atom is 0.268 e. The summed E-state index contributed by atoms with van der Waals surface area (Å²) in [7, 11) is 1.78. The number of halogens is 1. The third-order valence-electron chi connectivity index (χ3n) is 2.63. The van der Waals surface area contributed by atoms with Gasteiger partial charge in [0, 0.05) is 24.3 Å². The number of rotatable bonds is 5. The van der Waals surface area contributed by atoms with Crippen LogP contribution in [0.1, 0.15) is 31.3 Å². The van der Waals surface area contributed by atoms with E-state index in [1.165, 1.54) is 0 Å².